The van der Waals surface area contributed by atoms with Crippen LogP contribution in [0.25, 0.3) is 0 Å². The molecule has 32 heavy (non-hydrogen) atoms. The van der Waals surface area contributed by atoms with Crippen LogP contribution in [0.15, 0.2) is 36.5 Å². The molecule has 9 nitrogen and oxygen atoms in total. The molecule has 1 unspecified atom stereocenters. The molecule has 0 aliphatic heterocycles. The molecule has 2 rings (SSSR count). The number of hydrogen-bond donors (Lipinski definition) is 4. The van der Waals surface area contributed by atoms with E-state index in [0.717, 1.165) is 5.01 Å². The predicted octanol–water partition coefficient (Wildman–Crippen LogP) is 2.74. The lowest BCUT2D eigenvalue weighted by molar-refractivity contribution is -0.137. The fraction of sp³-hybridized carbons (Fsp3) is 0.350. The molecule has 12 heteroatoms. The Morgan fingerprint density at radius 3 is 2.66 bits per heavy atom. The number of ether oxygens (including phenoxy) is 1. The number of rotatable bonds is 10. The van der Waals surface area contributed by atoms with Crippen molar-refractivity contribution in [2.75, 3.05) is 18.5 Å². The van der Waals surface area contributed by atoms with Crippen molar-refractivity contribution in [1.29, 1.82) is 0 Å². The van der Waals surface area contributed by atoms with Crippen LogP contribution in [-0.4, -0.2) is 57.6 Å². The molecule has 174 valence electrons. The van der Waals surface area contributed by atoms with Gasteiger partial charge in [-0.1, -0.05) is 35.3 Å². The third-order valence-electron chi connectivity index (χ3n) is 4.30. The van der Waals surface area contributed by atoms with E-state index in [2.05, 4.69) is 15.7 Å². The molecule has 1 aromatic heterocycles. The molecular formula is C20H23Cl2FN4O5. The molecule has 4 N–H and O–H groups in total. The Morgan fingerprint density at radius 1 is 1.28 bits per heavy atom. The molecule has 0 fully saturated rings. The van der Waals surface area contributed by atoms with Crippen LogP contribution >= 0.6 is 23.2 Å². The largest absolute Gasteiger partial charge is 0.447 e. The van der Waals surface area contributed by atoms with Crippen molar-refractivity contribution in [2.24, 2.45) is 0 Å². The molecule has 2 aromatic rings. The van der Waals surface area contributed by atoms with E-state index in [4.69, 9.17) is 27.9 Å². The Morgan fingerprint density at radius 2 is 2.03 bits per heavy atom. The summed E-state index contributed by atoms with van der Waals surface area (Å²) in [5.41, 5.74) is 3.21. The van der Waals surface area contributed by atoms with Crippen LogP contribution in [0.5, 0.6) is 0 Å². The van der Waals surface area contributed by atoms with Gasteiger partial charge in [-0.2, -0.15) is 0 Å². The second kappa shape index (κ2) is 12.5. The Balaban J connectivity index is 2.07. The lowest BCUT2D eigenvalue weighted by Gasteiger charge is -2.32. The summed E-state index contributed by atoms with van der Waals surface area (Å²) < 4.78 is 18.8. The van der Waals surface area contributed by atoms with E-state index >= 15 is 0 Å². The first-order chi connectivity index (χ1) is 15.2. The Hall–Kier alpha value is -2.50. The van der Waals surface area contributed by atoms with Crippen molar-refractivity contribution in [2.45, 2.75) is 32.0 Å². The van der Waals surface area contributed by atoms with Gasteiger partial charge in [-0.15, -0.1) is 0 Å². The van der Waals surface area contributed by atoms with Gasteiger partial charge in [0, 0.05) is 26.1 Å². The number of amides is 2. The summed E-state index contributed by atoms with van der Waals surface area (Å²) in [5.74, 6) is -0.868. The fourth-order valence-corrected chi connectivity index (χ4v) is 3.06. The van der Waals surface area contributed by atoms with Gasteiger partial charge < -0.3 is 14.9 Å². The minimum atomic E-state index is -1.17. The number of hydrogen-bond acceptors (Lipinski definition) is 7. The number of carbonyl (C=O) groups is 2. The molecule has 0 spiro atoms. The van der Waals surface area contributed by atoms with E-state index in [-0.39, 0.29) is 30.4 Å². The van der Waals surface area contributed by atoms with Crippen molar-refractivity contribution >= 4 is 41.0 Å². The van der Waals surface area contributed by atoms with Gasteiger partial charge in [-0.3, -0.25) is 15.1 Å². The molecule has 1 heterocycles. The monoisotopic (exact) mass is 488 g/mol. The average Bonchev–Trinajstić information content (AvgIpc) is 2.76. The van der Waals surface area contributed by atoms with Gasteiger partial charge in [0.05, 0.1) is 28.8 Å². The number of pyridine rings is 1. The molecule has 1 aromatic carbocycles. The molecule has 0 aliphatic carbocycles. The second-order valence-electron chi connectivity index (χ2n) is 6.75. The lowest BCUT2D eigenvalue weighted by atomic mass is 10.1. The second-order valence-corrected chi connectivity index (χ2v) is 7.56. The first kappa shape index (κ1) is 25.8. The highest BCUT2D eigenvalue weighted by Gasteiger charge is 2.26. The molecule has 0 bridgehead atoms. The number of anilines is 1. The van der Waals surface area contributed by atoms with E-state index < -0.39 is 36.6 Å². The lowest BCUT2D eigenvalue weighted by Crippen LogP contribution is -2.52. The molecule has 0 saturated heterocycles. The summed E-state index contributed by atoms with van der Waals surface area (Å²) in [5, 5.41) is 22.9. The maximum Gasteiger partial charge on any atom is 0.412 e. The number of nitrogens with one attached hydrogen (secondary N) is 2. The zero-order valence-corrected chi connectivity index (χ0v) is 18.6. The van der Waals surface area contributed by atoms with Gasteiger partial charge in [0.1, 0.15) is 18.2 Å². The van der Waals surface area contributed by atoms with Crippen LogP contribution in [0.3, 0.4) is 0 Å². The fourth-order valence-electron chi connectivity index (χ4n) is 2.75. The maximum absolute atomic E-state index is 13.7. The number of benzene rings is 1. The summed E-state index contributed by atoms with van der Waals surface area (Å²) in [6, 6.07) is 6.41. The van der Waals surface area contributed by atoms with E-state index in [0.29, 0.717) is 10.6 Å². The highest BCUT2D eigenvalue weighted by atomic mass is 35.5. The number of halogens is 3. The van der Waals surface area contributed by atoms with E-state index in [1.165, 1.54) is 37.4 Å². The minimum Gasteiger partial charge on any atom is -0.447 e. The van der Waals surface area contributed by atoms with Crippen molar-refractivity contribution in [3.63, 3.8) is 0 Å². The van der Waals surface area contributed by atoms with E-state index in [9.17, 15) is 24.2 Å². The third kappa shape index (κ3) is 7.88. The highest BCUT2D eigenvalue weighted by Crippen LogP contribution is 2.20. The molecule has 2 amide bonds. The van der Waals surface area contributed by atoms with Crippen molar-refractivity contribution in [3.05, 3.63) is 58.0 Å². The molecule has 2 atom stereocenters. The highest BCUT2D eigenvalue weighted by molar-refractivity contribution is 6.31. The maximum atomic E-state index is 13.7. The van der Waals surface area contributed by atoms with Crippen LogP contribution in [0.1, 0.15) is 18.9 Å². The third-order valence-corrected chi connectivity index (χ3v) is 4.94. The topological polar surface area (TPSA) is 124 Å². The van der Waals surface area contributed by atoms with Crippen LogP contribution in [0.4, 0.5) is 15.0 Å². The van der Waals surface area contributed by atoms with Gasteiger partial charge in [0.15, 0.2) is 0 Å². The molecule has 0 saturated carbocycles. The Bertz CT molecular complexity index is 919. The normalized spacial score (nSPS) is 12.7. The van der Waals surface area contributed by atoms with Gasteiger partial charge in [0.2, 0.25) is 5.91 Å². The number of carbonyl (C=O) groups excluding carboxylic acids is 2. The summed E-state index contributed by atoms with van der Waals surface area (Å²) in [7, 11) is 0. The molecule has 0 aliphatic rings. The number of aliphatic hydroxyl groups is 2. The zero-order chi connectivity index (χ0) is 23.7. The SMILES string of the molecule is CC(=O)N(NCc1cccc(F)c1Cl)[C@H](COC(=O)Nc1ccc(Cl)cn1)CC(O)CO. The first-order valence-corrected chi connectivity index (χ1v) is 10.3. The molecule has 0 radical (unpaired) electrons. The number of aromatic nitrogens is 1. The van der Waals surface area contributed by atoms with Gasteiger partial charge in [0.25, 0.3) is 0 Å². The summed E-state index contributed by atoms with van der Waals surface area (Å²) >= 11 is 11.7. The standard InChI is InChI=1S/C20H23Cl2FN4O5/c1-12(29)27(25-8-13-3-2-4-17(23)19(13)22)15(7-16(30)10-28)11-32-20(31)26-18-6-5-14(21)9-24-18/h2-6,9,15-16,25,28,30H,7-8,10-11H2,1H3,(H,24,26,31)/t15-,16?/m0/s1. The predicted molar refractivity (Wildman–Crippen MR) is 116 cm³/mol. The van der Waals surface area contributed by atoms with Crippen molar-refractivity contribution in [3.8, 4) is 0 Å². The Labute approximate surface area is 194 Å². The number of hydrazine groups is 1. The van der Waals surface area contributed by atoms with Crippen LogP contribution in [-0.2, 0) is 16.1 Å². The minimum absolute atomic E-state index is 0.0111. The average molecular weight is 489 g/mol. The number of aliphatic hydroxyl groups excluding tert-OH is 2. The van der Waals surface area contributed by atoms with Crippen LogP contribution < -0.4 is 10.7 Å². The first-order valence-electron chi connectivity index (χ1n) is 9.51. The van der Waals surface area contributed by atoms with Crippen LogP contribution in [0.2, 0.25) is 10.0 Å². The van der Waals surface area contributed by atoms with E-state index in [1.807, 2.05) is 0 Å². The van der Waals surface area contributed by atoms with Gasteiger partial charge in [-0.05, 0) is 23.8 Å². The van der Waals surface area contributed by atoms with Gasteiger partial charge >= 0.3 is 6.09 Å². The molecular weight excluding hydrogens is 466 g/mol. The summed E-state index contributed by atoms with van der Waals surface area (Å²) in [6.45, 7) is 0.373. The van der Waals surface area contributed by atoms with Crippen LogP contribution in [0, 0.1) is 5.82 Å². The number of nitrogens with zero attached hydrogens (tertiary/aromatic N) is 2. The van der Waals surface area contributed by atoms with Gasteiger partial charge in [-0.25, -0.2) is 19.6 Å². The van der Waals surface area contributed by atoms with Crippen molar-refractivity contribution < 1.29 is 28.9 Å². The van der Waals surface area contributed by atoms with Crippen molar-refractivity contribution in [1.82, 2.24) is 15.4 Å². The quantitative estimate of drug-likeness (QED) is 0.379. The van der Waals surface area contributed by atoms with E-state index in [1.54, 1.807) is 6.07 Å². The summed E-state index contributed by atoms with van der Waals surface area (Å²) in [6.07, 6.45) is -0.783. The Kier molecular flexibility index (Phi) is 10.1. The smallest absolute Gasteiger partial charge is 0.412 e. The summed E-state index contributed by atoms with van der Waals surface area (Å²) in [4.78, 5) is 28.3. The zero-order valence-electron chi connectivity index (χ0n) is 17.1.